The highest BCUT2D eigenvalue weighted by Crippen LogP contribution is 2.31. The molecule has 0 fully saturated rings. The van der Waals surface area contributed by atoms with E-state index in [1.54, 1.807) is 17.7 Å². The van der Waals surface area contributed by atoms with Gasteiger partial charge >= 0.3 is 0 Å². The van der Waals surface area contributed by atoms with E-state index in [1.165, 1.54) is 28.0 Å². The lowest BCUT2D eigenvalue weighted by atomic mass is 10.2. The van der Waals surface area contributed by atoms with Gasteiger partial charge in [-0.25, -0.2) is 4.98 Å². The van der Waals surface area contributed by atoms with Gasteiger partial charge in [-0.05, 0) is 18.2 Å². The summed E-state index contributed by atoms with van der Waals surface area (Å²) < 4.78 is 8.60. The number of quaternary nitrogens is 1. The Labute approximate surface area is 194 Å². The average molecular weight is 470 g/mol. The van der Waals surface area contributed by atoms with Crippen molar-refractivity contribution in [1.29, 1.82) is 0 Å². The lowest BCUT2D eigenvalue weighted by Crippen LogP contribution is -3.06. The highest BCUT2D eigenvalue weighted by Gasteiger charge is 2.18. The van der Waals surface area contributed by atoms with Crippen LogP contribution in [0.5, 0.6) is 5.75 Å². The van der Waals surface area contributed by atoms with Crippen LogP contribution in [0.4, 0.5) is 5.69 Å². The zero-order valence-electron chi connectivity index (χ0n) is 18.2. The molecule has 4 aromatic rings. The normalized spacial score (nSPS) is 11.4. The van der Waals surface area contributed by atoms with Crippen LogP contribution in [0.3, 0.4) is 0 Å². The summed E-state index contributed by atoms with van der Waals surface area (Å²) >= 11 is 2.75. The fraction of sp³-hybridized carbons (Fsp3) is 0.261. The van der Waals surface area contributed by atoms with E-state index in [9.17, 15) is 9.59 Å². The molecule has 0 aliphatic carbocycles. The Bertz CT molecular complexity index is 1330. The van der Waals surface area contributed by atoms with Gasteiger partial charge in [0.2, 0.25) is 5.91 Å². The molecule has 0 unspecified atom stereocenters. The lowest BCUT2D eigenvalue weighted by Gasteiger charge is -2.13. The Morgan fingerprint density at radius 1 is 1.22 bits per heavy atom. The van der Waals surface area contributed by atoms with Crippen molar-refractivity contribution in [2.75, 3.05) is 38.8 Å². The minimum Gasteiger partial charge on any atom is -0.497 e. The smallest absolute Gasteiger partial charge is 0.272 e. The molecule has 2 aromatic heterocycles. The van der Waals surface area contributed by atoms with Gasteiger partial charge < -0.3 is 15.0 Å². The third kappa shape index (κ3) is 4.79. The Morgan fingerprint density at radius 2 is 2.03 bits per heavy atom. The van der Waals surface area contributed by atoms with Crippen LogP contribution in [0.25, 0.3) is 20.3 Å². The van der Waals surface area contributed by atoms with Crippen molar-refractivity contribution < 1.29 is 14.4 Å². The van der Waals surface area contributed by atoms with Gasteiger partial charge in [0.05, 0.1) is 45.6 Å². The summed E-state index contributed by atoms with van der Waals surface area (Å²) in [5, 5.41) is 4.41. The highest BCUT2D eigenvalue weighted by atomic mass is 32.2. The molecule has 7 nitrogen and oxygen atoms in total. The summed E-state index contributed by atoms with van der Waals surface area (Å²) in [5.74, 6) is 0.649. The van der Waals surface area contributed by atoms with Crippen molar-refractivity contribution in [3.63, 3.8) is 0 Å². The lowest BCUT2D eigenvalue weighted by molar-refractivity contribution is -0.859. The molecule has 1 amide bonds. The predicted molar refractivity (Wildman–Crippen MR) is 131 cm³/mol. The average Bonchev–Trinajstić information content (AvgIpc) is 3.16. The first kappa shape index (κ1) is 22.3. The Balaban J connectivity index is 1.63. The molecule has 0 radical (unpaired) electrons. The van der Waals surface area contributed by atoms with Crippen LogP contribution in [-0.4, -0.2) is 49.0 Å². The number of amides is 1. The number of thioether (sulfide) groups is 1. The number of rotatable bonds is 8. The SMILES string of the molecule is COc1cccc(NC(=O)CSc2nc3c(sc4ccccc43)c(=O)n2CC[NH+](C)C)c1. The molecule has 0 spiro atoms. The molecule has 2 aromatic carbocycles. The number of thiophene rings is 1. The number of carbonyl (C=O) groups excluding carboxylic acids is 1. The van der Waals surface area contributed by atoms with Crippen LogP contribution in [0.2, 0.25) is 0 Å². The van der Waals surface area contributed by atoms with Crippen LogP contribution < -0.4 is 20.5 Å². The molecule has 166 valence electrons. The number of ether oxygens (including phenoxy) is 1. The second-order valence-corrected chi connectivity index (χ2v) is 9.65. The van der Waals surface area contributed by atoms with Crippen LogP contribution >= 0.6 is 23.1 Å². The van der Waals surface area contributed by atoms with Crippen molar-refractivity contribution in [1.82, 2.24) is 9.55 Å². The van der Waals surface area contributed by atoms with E-state index in [1.807, 2.05) is 56.6 Å². The summed E-state index contributed by atoms with van der Waals surface area (Å²) in [4.78, 5) is 32.0. The standard InChI is InChI=1S/C23H24N4O3S2/c1-26(2)11-12-27-22(29)21-20(17-9-4-5-10-18(17)32-21)25-23(27)31-14-19(28)24-15-7-6-8-16(13-15)30-3/h4-10,13H,11-12,14H2,1-3H3,(H,24,28)/p+1. The number of nitrogens with one attached hydrogen (secondary N) is 2. The van der Waals surface area contributed by atoms with Gasteiger partial charge in [0.25, 0.3) is 5.56 Å². The molecule has 2 heterocycles. The fourth-order valence-electron chi connectivity index (χ4n) is 3.32. The molecule has 0 aliphatic rings. The molecular formula is C23H25N4O3S2+. The minimum atomic E-state index is -0.169. The van der Waals surface area contributed by atoms with Gasteiger partial charge in [0, 0.05) is 21.8 Å². The van der Waals surface area contributed by atoms with Crippen molar-refractivity contribution in [2.24, 2.45) is 0 Å². The number of methoxy groups -OCH3 is 1. The van der Waals surface area contributed by atoms with Gasteiger partial charge in [0.1, 0.15) is 10.4 Å². The highest BCUT2D eigenvalue weighted by molar-refractivity contribution is 7.99. The maximum absolute atomic E-state index is 13.3. The first-order chi connectivity index (χ1) is 15.5. The third-order valence-electron chi connectivity index (χ3n) is 4.97. The van der Waals surface area contributed by atoms with Crippen molar-refractivity contribution in [2.45, 2.75) is 11.7 Å². The number of likely N-dealkylation sites (N-methyl/N-ethyl adjacent to an activating group) is 1. The molecule has 0 saturated carbocycles. The van der Waals surface area contributed by atoms with Crippen molar-refractivity contribution in [3.05, 3.63) is 58.9 Å². The molecule has 2 N–H and O–H groups in total. The van der Waals surface area contributed by atoms with E-state index < -0.39 is 0 Å². The molecule has 0 atom stereocenters. The molecular weight excluding hydrogens is 444 g/mol. The van der Waals surface area contributed by atoms with Gasteiger partial charge in [-0.3, -0.25) is 14.2 Å². The second kappa shape index (κ2) is 9.72. The first-order valence-corrected chi connectivity index (χ1v) is 12.0. The summed E-state index contributed by atoms with van der Waals surface area (Å²) in [6.07, 6.45) is 0. The Hall–Kier alpha value is -2.88. The van der Waals surface area contributed by atoms with Gasteiger partial charge in [-0.2, -0.15) is 0 Å². The van der Waals surface area contributed by atoms with E-state index in [-0.39, 0.29) is 17.2 Å². The van der Waals surface area contributed by atoms with Gasteiger partial charge in [-0.15, -0.1) is 11.3 Å². The molecule has 0 bridgehead atoms. The van der Waals surface area contributed by atoms with E-state index in [2.05, 4.69) is 5.32 Å². The summed E-state index contributed by atoms with van der Waals surface area (Å²) in [6, 6.07) is 15.1. The number of hydrogen-bond acceptors (Lipinski definition) is 6. The van der Waals surface area contributed by atoms with Crippen molar-refractivity contribution >= 4 is 55.0 Å². The summed E-state index contributed by atoms with van der Waals surface area (Å²) in [6.45, 7) is 1.32. The number of benzene rings is 2. The van der Waals surface area contributed by atoms with E-state index >= 15 is 0 Å². The van der Waals surface area contributed by atoms with Crippen LogP contribution in [0.15, 0.2) is 58.5 Å². The first-order valence-electron chi connectivity index (χ1n) is 10.2. The van der Waals surface area contributed by atoms with Crippen LogP contribution in [-0.2, 0) is 11.3 Å². The van der Waals surface area contributed by atoms with Gasteiger partial charge in [0.15, 0.2) is 5.16 Å². The topological polar surface area (TPSA) is 77.7 Å². The predicted octanol–water partition coefficient (Wildman–Crippen LogP) is 2.50. The van der Waals surface area contributed by atoms with E-state index in [0.717, 1.165) is 16.6 Å². The maximum Gasteiger partial charge on any atom is 0.272 e. The zero-order chi connectivity index (χ0) is 22.7. The largest absolute Gasteiger partial charge is 0.497 e. The number of anilines is 1. The molecule has 4 rings (SSSR count). The minimum absolute atomic E-state index is 0.0480. The Morgan fingerprint density at radius 3 is 2.81 bits per heavy atom. The summed E-state index contributed by atoms with van der Waals surface area (Å²) in [7, 11) is 5.68. The van der Waals surface area contributed by atoms with E-state index in [0.29, 0.717) is 33.4 Å². The number of nitrogens with zero attached hydrogens (tertiary/aromatic N) is 2. The van der Waals surface area contributed by atoms with Gasteiger partial charge in [-0.1, -0.05) is 36.0 Å². The quantitative estimate of drug-likeness (QED) is 0.306. The number of fused-ring (bicyclic) bond motifs is 3. The van der Waals surface area contributed by atoms with Crippen LogP contribution in [0, 0.1) is 0 Å². The number of hydrogen-bond donors (Lipinski definition) is 2. The van der Waals surface area contributed by atoms with Crippen LogP contribution in [0.1, 0.15) is 0 Å². The number of aromatic nitrogens is 2. The molecule has 32 heavy (non-hydrogen) atoms. The monoisotopic (exact) mass is 469 g/mol. The summed E-state index contributed by atoms with van der Waals surface area (Å²) in [5.41, 5.74) is 1.32. The van der Waals surface area contributed by atoms with E-state index in [4.69, 9.17) is 9.72 Å². The maximum atomic E-state index is 13.3. The zero-order valence-corrected chi connectivity index (χ0v) is 19.8. The second-order valence-electron chi connectivity index (χ2n) is 7.65. The Kier molecular flexibility index (Phi) is 6.78. The molecule has 0 saturated heterocycles. The molecule has 9 heteroatoms. The molecule has 0 aliphatic heterocycles. The van der Waals surface area contributed by atoms with Crippen molar-refractivity contribution in [3.8, 4) is 5.75 Å². The number of carbonyl (C=O) groups is 1. The fourth-order valence-corrected chi connectivity index (χ4v) is 5.23. The third-order valence-corrected chi connectivity index (χ3v) is 7.09.